The van der Waals surface area contributed by atoms with Crippen LogP contribution in [-0.2, 0) is 0 Å². The molecule has 0 N–H and O–H groups in total. The number of thiophene rings is 1. The Bertz CT molecular complexity index is 339. The van der Waals surface area contributed by atoms with Crippen LogP contribution in [0.2, 0.25) is 0 Å². The molecule has 0 radical (unpaired) electrons. The van der Waals surface area contributed by atoms with Crippen molar-refractivity contribution in [3.05, 3.63) is 22.4 Å². The van der Waals surface area contributed by atoms with E-state index in [1.54, 1.807) is 11.3 Å². The normalized spacial score (nSPS) is 20.3. The zero-order valence-corrected chi connectivity index (χ0v) is 10.8. The zero-order valence-electron chi connectivity index (χ0n) is 9.19. The van der Waals surface area contributed by atoms with Crippen LogP contribution in [0, 0.1) is 0 Å². The number of carbonyl (C=O) groups is 1. The third kappa shape index (κ3) is 2.58. The number of nitrogens with zero attached hydrogens (tertiary/aromatic N) is 1. The van der Waals surface area contributed by atoms with Gasteiger partial charge in [-0.15, -0.1) is 11.6 Å². The van der Waals surface area contributed by atoms with E-state index in [1.807, 2.05) is 21.7 Å². The summed E-state index contributed by atoms with van der Waals surface area (Å²) in [5.41, 5.74) is 0.836. The van der Waals surface area contributed by atoms with E-state index in [2.05, 4.69) is 0 Å². The average Bonchev–Trinajstić information content (AvgIpc) is 2.96. The van der Waals surface area contributed by atoms with E-state index >= 15 is 0 Å². The first-order valence-corrected chi connectivity index (χ1v) is 7.20. The van der Waals surface area contributed by atoms with Gasteiger partial charge in [-0.2, -0.15) is 11.3 Å². The Labute approximate surface area is 105 Å². The molecule has 1 fully saturated rings. The molecule has 0 spiro atoms. The Hall–Kier alpha value is -0.540. The highest BCUT2D eigenvalue weighted by Crippen LogP contribution is 2.24. The molecule has 16 heavy (non-hydrogen) atoms. The molecule has 2 heterocycles. The van der Waals surface area contributed by atoms with Crippen molar-refractivity contribution in [1.29, 1.82) is 0 Å². The summed E-state index contributed by atoms with van der Waals surface area (Å²) in [4.78, 5) is 14.2. The van der Waals surface area contributed by atoms with Crippen LogP contribution in [0.1, 0.15) is 36.0 Å². The molecule has 1 amide bonds. The molecule has 1 aliphatic rings. The molecule has 1 aromatic heterocycles. The van der Waals surface area contributed by atoms with Crippen molar-refractivity contribution in [2.45, 2.75) is 31.7 Å². The smallest absolute Gasteiger partial charge is 0.254 e. The highest BCUT2D eigenvalue weighted by Gasteiger charge is 2.28. The minimum Gasteiger partial charge on any atom is -0.336 e. The Morgan fingerprint density at radius 1 is 1.62 bits per heavy atom. The average molecular weight is 258 g/mol. The fourth-order valence-corrected chi connectivity index (χ4v) is 3.05. The fourth-order valence-electron chi connectivity index (χ4n) is 2.27. The van der Waals surface area contributed by atoms with Gasteiger partial charge in [0.2, 0.25) is 0 Å². The van der Waals surface area contributed by atoms with E-state index in [-0.39, 0.29) is 5.91 Å². The summed E-state index contributed by atoms with van der Waals surface area (Å²) in [5.74, 6) is 0.884. The zero-order chi connectivity index (χ0) is 11.4. The first kappa shape index (κ1) is 11.9. The predicted molar refractivity (Wildman–Crippen MR) is 68.3 cm³/mol. The monoisotopic (exact) mass is 257 g/mol. The Morgan fingerprint density at radius 2 is 2.50 bits per heavy atom. The quantitative estimate of drug-likeness (QED) is 0.758. The van der Waals surface area contributed by atoms with Gasteiger partial charge in [-0.3, -0.25) is 4.79 Å². The van der Waals surface area contributed by atoms with Crippen LogP contribution in [0.5, 0.6) is 0 Å². The second-order valence-corrected chi connectivity index (χ2v) is 5.30. The summed E-state index contributed by atoms with van der Waals surface area (Å²) >= 11 is 7.28. The second-order valence-electron chi connectivity index (χ2n) is 4.14. The van der Waals surface area contributed by atoms with Gasteiger partial charge >= 0.3 is 0 Å². The Balaban J connectivity index is 1.99. The minimum atomic E-state index is 0.193. The first-order chi connectivity index (χ1) is 7.83. The highest BCUT2D eigenvalue weighted by molar-refractivity contribution is 7.08. The molecular weight excluding hydrogens is 242 g/mol. The summed E-state index contributed by atoms with van der Waals surface area (Å²) in [6.07, 6.45) is 4.30. The van der Waals surface area contributed by atoms with Crippen molar-refractivity contribution in [2.24, 2.45) is 0 Å². The van der Waals surface area contributed by atoms with Gasteiger partial charge in [0.25, 0.3) is 5.91 Å². The number of carbonyl (C=O) groups excluding carboxylic acids is 1. The van der Waals surface area contributed by atoms with Crippen LogP contribution < -0.4 is 0 Å². The topological polar surface area (TPSA) is 20.3 Å². The number of halogens is 1. The fraction of sp³-hybridized carbons (Fsp3) is 0.583. The number of alkyl halides is 1. The lowest BCUT2D eigenvalue weighted by atomic mass is 10.1. The molecule has 0 bridgehead atoms. The number of likely N-dealkylation sites (tertiary alicyclic amines) is 1. The maximum absolute atomic E-state index is 12.2. The minimum absolute atomic E-state index is 0.193. The molecular formula is C12H16ClNOS. The molecule has 4 heteroatoms. The van der Waals surface area contributed by atoms with Crippen LogP contribution in [0.4, 0.5) is 0 Å². The van der Waals surface area contributed by atoms with E-state index in [1.165, 1.54) is 0 Å². The largest absolute Gasteiger partial charge is 0.336 e. The van der Waals surface area contributed by atoms with Gasteiger partial charge in [0.15, 0.2) is 0 Å². The van der Waals surface area contributed by atoms with E-state index < -0.39 is 0 Å². The van der Waals surface area contributed by atoms with Crippen molar-refractivity contribution < 1.29 is 4.79 Å². The van der Waals surface area contributed by atoms with Gasteiger partial charge in [-0.05, 0) is 37.1 Å². The molecule has 0 saturated carbocycles. The molecule has 2 nitrogen and oxygen atoms in total. The maximum Gasteiger partial charge on any atom is 0.254 e. The number of amides is 1. The first-order valence-electron chi connectivity index (χ1n) is 5.72. The van der Waals surface area contributed by atoms with Crippen LogP contribution in [0.3, 0.4) is 0 Å². The standard InChI is InChI=1S/C12H16ClNOS/c13-6-1-3-11-4-2-7-14(11)12(15)10-5-8-16-9-10/h5,8-9,11H,1-4,6-7H2. The van der Waals surface area contributed by atoms with Crippen LogP contribution >= 0.6 is 22.9 Å². The lowest BCUT2D eigenvalue weighted by Gasteiger charge is -2.24. The van der Waals surface area contributed by atoms with Gasteiger partial charge in [-0.1, -0.05) is 0 Å². The van der Waals surface area contributed by atoms with E-state index in [4.69, 9.17) is 11.6 Å². The van der Waals surface area contributed by atoms with Gasteiger partial charge in [-0.25, -0.2) is 0 Å². The third-order valence-electron chi connectivity index (χ3n) is 3.08. The molecule has 1 atom stereocenters. The Morgan fingerprint density at radius 3 is 3.19 bits per heavy atom. The summed E-state index contributed by atoms with van der Waals surface area (Å²) in [7, 11) is 0. The summed E-state index contributed by atoms with van der Waals surface area (Å²) in [6.45, 7) is 0.904. The molecule has 88 valence electrons. The second kappa shape index (κ2) is 5.69. The van der Waals surface area contributed by atoms with Crippen molar-refractivity contribution in [1.82, 2.24) is 4.90 Å². The SMILES string of the molecule is O=C(c1ccsc1)N1CCCC1CCCCl. The summed E-state index contributed by atoms with van der Waals surface area (Å²) in [5, 5.41) is 3.89. The van der Waals surface area contributed by atoms with E-state index in [9.17, 15) is 4.79 Å². The van der Waals surface area contributed by atoms with Crippen LogP contribution in [-0.4, -0.2) is 29.3 Å². The molecule has 1 aromatic rings. The number of hydrogen-bond acceptors (Lipinski definition) is 2. The third-order valence-corrected chi connectivity index (χ3v) is 4.03. The van der Waals surface area contributed by atoms with E-state index in [0.717, 1.165) is 37.8 Å². The maximum atomic E-state index is 12.2. The van der Waals surface area contributed by atoms with Gasteiger partial charge < -0.3 is 4.90 Å². The molecule has 0 aromatic carbocycles. The Kier molecular flexibility index (Phi) is 4.24. The summed E-state index contributed by atoms with van der Waals surface area (Å²) < 4.78 is 0. The lowest BCUT2D eigenvalue weighted by Crippen LogP contribution is -2.35. The lowest BCUT2D eigenvalue weighted by molar-refractivity contribution is 0.0730. The molecule has 1 aliphatic heterocycles. The summed E-state index contributed by atoms with van der Waals surface area (Å²) in [6, 6.07) is 2.32. The van der Waals surface area contributed by atoms with Crippen molar-refractivity contribution in [2.75, 3.05) is 12.4 Å². The van der Waals surface area contributed by atoms with Crippen molar-refractivity contribution >= 4 is 28.8 Å². The van der Waals surface area contributed by atoms with E-state index in [0.29, 0.717) is 11.9 Å². The van der Waals surface area contributed by atoms with Gasteiger partial charge in [0, 0.05) is 23.8 Å². The van der Waals surface area contributed by atoms with Gasteiger partial charge in [0.05, 0.1) is 5.56 Å². The highest BCUT2D eigenvalue weighted by atomic mass is 35.5. The van der Waals surface area contributed by atoms with Gasteiger partial charge in [0.1, 0.15) is 0 Å². The molecule has 1 saturated heterocycles. The molecule has 2 rings (SSSR count). The van der Waals surface area contributed by atoms with Crippen molar-refractivity contribution in [3.63, 3.8) is 0 Å². The number of rotatable bonds is 4. The van der Waals surface area contributed by atoms with Crippen molar-refractivity contribution in [3.8, 4) is 0 Å². The predicted octanol–water partition coefficient (Wildman–Crippen LogP) is 3.37. The molecule has 0 aliphatic carbocycles. The van der Waals surface area contributed by atoms with Crippen LogP contribution in [0.15, 0.2) is 16.8 Å². The van der Waals surface area contributed by atoms with Crippen LogP contribution in [0.25, 0.3) is 0 Å². The molecule has 1 unspecified atom stereocenters. The number of hydrogen-bond donors (Lipinski definition) is 0.